The Morgan fingerprint density at radius 1 is 1.47 bits per heavy atom. The minimum atomic E-state index is -0.844. The van der Waals surface area contributed by atoms with Gasteiger partial charge in [-0.2, -0.15) is 5.10 Å². The second-order valence-electron chi connectivity index (χ2n) is 4.34. The molecule has 17 heavy (non-hydrogen) atoms. The highest BCUT2D eigenvalue weighted by molar-refractivity contribution is 5.98. The van der Waals surface area contributed by atoms with Crippen molar-refractivity contribution in [1.82, 2.24) is 10.2 Å². The highest BCUT2D eigenvalue weighted by Crippen LogP contribution is 2.18. The second-order valence-corrected chi connectivity index (χ2v) is 4.34. The molecular formula is C12H15N3O2. The Morgan fingerprint density at radius 3 is 2.94 bits per heavy atom. The fraction of sp³-hybridized carbons (Fsp3) is 0.333. The van der Waals surface area contributed by atoms with Gasteiger partial charge in [0, 0.05) is 18.2 Å². The van der Waals surface area contributed by atoms with Gasteiger partial charge in [-0.3, -0.25) is 9.89 Å². The number of fused-ring (bicyclic) bond motifs is 1. The van der Waals surface area contributed by atoms with Crippen molar-refractivity contribution < 1.29 is 9.53 Å². The first-order chi connectivity index (χ1) is 8.03. The third-order valence-electron chi connectivity index (χ3n) is 2.76. The van der Waals surface area contributed by atoms with Crippen molar-refractivity contribution in [3.63, 3.8) is 0 Å². The molecule has 0 aliphatic heterocycles. The van der Waals surface area contributed by atoms with E-state index in [0.717, 1.165) is 16.6 Å². The van der Waals surface area contributed by atoms with Gasteiger partial charge < -0.3 is 10.1 Å². The number of ether oxygens (including phenoxy) is 1. The van der Waals surface area contributed by atoms with Crippen molar-refractivity contribution in [2.75, 3.05) is 12.4 Å². The minimum absolute atomic E-state index is 0.182. The predicted octanol–water partition coefficient (Wildman–Crippen LogP) is 1.93. The standard InChI is InChI=1S/C12H15N3O2/c1-12(2,17-3)11(16)14-9-5-4-8-7-13-15-10(8)6-9/h4-7H,1-3H3,(H,13,15)(H,14,16). The number of carbonyl (C=O) groups excluding carboxylic acids is 1. The van der Waals surface area contributed by atoms with Crippen LogP contribution in [0.15, 0.2) is 24.4 Å². The lowest BCUT2D eigenvalue weighted by Crippen LogP contribution is -2.38. The number of nitrogens with zero attached hydrogens (tertiary/aromatic N) is 1. The molecule has 0 aliphatic rings. The van der Waals surface area contributed by atoms with E-state index in [4.69, 9.17) is 4.74 Å². The molecule has 0 radical (unpaired) electrons. The van der Waals surface area contributed by atoms with Gasteiger partial charge in [-0.05, 0) is 32.0 Å². The van der Waals surface area contributed by atoms with Crippen LogP contribution in [0.5, 0.6) is 0 Å². The number of benzene rings is 1. The van der Waals surface area contributed by atoms with Crippen LogP contribution >= 0.6 is 0 Å². The highest BCUT2D eigenvalue weighted by Gasteiger charge is 2.26. The van der Waals surface area contributed by atoms with E-state index < -0.39 is 5.60 Å². The molecule has 5 nitrogen and oxygen atoms in total. The van der Waals surface area contributed by atoms with Crippen molar-refractivity contribution in [2.24, 2.45) is 0 Å². The zero-order valence-corrected chi connectivity index (χ0v) is 10.1. The van der Waals surface area contributed by atoms with E-state index in [2.05, 4.69) is 15.5 Å². The molecule has 0 saturated heterocycles. The number of aromatic amines is 1. The van der Waals surface area contributed by atoms with Crippen LogP contribution in [0.1, 0.15) is 13.8 Å². The highest BCUT2D eigenvalue weighted by atomic mass is 16.5. The van der Waals surface area contributed by atoms with Crippen LogP contribution in [-0.2, 0) is 9.53 Å². The Balaban J connectivity index is 2.21. The van der Waals surface area contributed by atoms with Gasteiger partial charge in [0.1, 0.15) is 5.60 Å². The summed E-state index contributed by atoms with van der Waals surface area (Å²) in [6, 6.07) is 5.57. The number of amides is 1. The molecule has 1 aromatic carbocycles. The average molecular weight is 233 g/mol. The van der Waals surface area contributed by atoms with Gasteiger partial charge in [0.2, 0.25) is 0 Å². The summed E-state index contributed by atoms with van der Waals surface area (Å²) in [5.41, 5.74) is 0.762. The van der Waals surface area contributed by atoms with Gasteiger partial charge in [0.15, 0.2) is 0 Å². The van der Waals surface area contributed by atoms with Gasteiger partial charge in [-0.15, -0.1) is 0 Å². The molecular weight excluding hydrogens is 218 g/mol. The Kier molecular flexibility index (Phi) is 2.85. The first kappa shape index (κ1) is 11.6. The zero-order valence-electron chi connectivity index (χ0n) is 10.1. The van der Waals surface area contributed by atoms with Gasteiger partial charge in [-0.1, -0.05) is 0 Å². The van der Waals surface area contributed by atoms with Crippen LogP contribution in [0.3, 0.4) is 0 Å². The monoisotopic (exact) mass is 233 g/mol. The second kappa shape index (κ2) is 4.18. The molecule has 0 unspecified atom stereocenters. The summed E-state index contributed by atoms with van der Waals surface area (Å²) in [6.07, 6.45) is 1.74. The average Bonchev–Trinajstić information content (AvgIpc) is 2.76. The Bertz CT molecular complexity index is 545. The fourth-order valence-corrected chi connectivity index (χ4v) is 1.39. The number of nitrogens with one attached hydrogen (secondary N) is 2. The topological polar surface area (TPSA) is 67.0 Å². The molecule has 0 atom stereocenters. The van der Waals surface area contributed by atoms with Crippen LogP contribution in [0.4, 0.5) is 5.69 Å². The van der Waals surface area contributed by atoms with Gasteiger partial charge in [0.05, 0.1) is 11.7 Å². The minimum Gasteiger partial charge on any atom is -0.369 e. The number of hydrogen-bond donors (Lipinski definition) is 2. The number of H-pyrrole nitrogens is 1. The van der Waals surface area contributed by atoms with Crippen LogP contribution in [0, 0.1) is 0 Å². The van der Waals surface area contributed by atoms with Gasteiger partial charge in [-0.25, -0.2) is 0 Å². The van der Waals surface area contributed by atoms with E-state index in [9.17, 15) is 4.79 Å². The predicted molar refractivity (Wildman–Crippen MR) is 65.8 cm³/mol. The van der Waals surface area contributed by atoms with Crippen LogP contribution in [0.25, 0.3) is 10.9 Å². The first-order valence-electron chi connectivity index (χ1n) is 5.33. The molecule has 1 aromatic heterocycles. The van der Waals surface area contributed by atoms with Crippen LogP contribution in [-0.4, -0.2) is 28.8 Å². The molecule has 2 N–H and O–H groups in total. The number of methoxy groups -OCH3 is 1. The molecule has 0 bridgehead atoms. The quantitative estimate of drug-likeness (QED) is 0.851. The molecule has 0 aliphatic carbocycles. The van der Waals surface area contributed by atoms with E-state index in [1.165, 1.54) is 7.11 Å². The normalized spacial score (nSPS) is 11.7. The smallest absolute Gasteiger partial charge is 0.256 e. The van der Waals surface area contributed by atoms with Gasteiger partial charge in [0.25, 0.3) is 5.91 Å². The Labute approximate surface area is 99.2 Å². The third-order valence-corrected chi connectivity index (χ3v) is 2.76. The van der Waals surface area contributed by atoms with Crippen molar-refractivity contribution in [2.45, 2.75) is 19.4 Å². The number of hydrogen-bond acceptors (Lipinski definition) is 3. The molecule has 1 heterocycles. The van der Waals surface area contributed by atoms with E-state index in [1.54, 1.807) is 20.0 Å². The maximum Gasteiger partial charge on any atom is 0.256 e. The molecule has 90 valence electrons. The SMILES string of the molecule is COC(C)(C)C(=O)Nc1ccc2cn[nH]c2c1. The molecule has 2 aromatic rings. The van der Waals surface area contributed by atoms with E-state index >= 15 is 0 Å². The summed E-state index contributed by atoms with van der Waals surface area (Å²) < 4.78 is 5.11. The third kappa shape index (κ3) is 2.29. The molecule has 0 saturated carbocycles. The molecule has 2 rings (SSSR count). The Morgan fingerprint density at radius 2 is 2.24 bits per heavy atom. The van der Waals surface area contributed by atoms with Gasteiger partial charge >= 0.3 is 0 Å². The van der Waals surface area contributed by atoms with Crippen molar-refractivity contribution in [1.29, 1.82) is 0 Å². The van der Waals surface area contributed by atoms with Crippen LogP contribution < -0.4 is 5.32 Å². The van der Waals surface area contributed by atoms with Crippen molar-refractivity contribution >= 4 is 22.5 Å². The summed E-state index contributed by atoms with van der Waals surface area (Å²) >= 11 is 0. The lowest BCUT2D eigenvalue weighted by molar-refractivity contribution is -0.133. The molecule has 0 fully saturated rings. The van der Waals surface area contributed by atoms with Crippen molar-refractivity contribution in [3.8, 4) is 0 Å². The summed E-state index contributed by atoms with van der Waals surface area (Å²) in [5, 5.41) is 10.6. The number of aromatic nitrogens is 2. The van der Waals surface area contributed by atoms with E-state index in [1.807, 2.05) is 18.2 Å². The lowest BCUT2D eigenvalue weighted by atomic mass is 10.1. The van der Waals surface area contributed by atoms with Crippen molar-refractivity contribution in [3.05, 3.63) is 24.4 Å². The van der Waals surface area contributed by atoms with E-state index in [-0.39, 0.29) is 5.91 Å². The zero-order chi connectivity index (χ0) is 12.5. The largest absolute Gasteiger partial charge is 0.369 e. The summed E-state index contributed by atoms with van der Waals surface area (Å²) in [4.78, 5) is 11.9. The Hall–Kier alpha value is -1.88. The summed E-state index contributed by atoms with van der Waals surface area (Å²) in [5.74, 6) is -0.182. The molecule has 5 heteroatoms. The lowest BCUT2D eigenvalue weighted by Gasteiger charge is -2.21. The summed E-state index contributed by atoms with van der Waals surface area (Å²) in [6.45, 7) is 3.44. The maximum atomic E-state index is 11.9. The first-order valence-corrected chi connectivity index (χ1v) is 5.33. The number of carbonyl (C=O) groups is 1. The molecule has 0 spiro atoms. The van der Waals surface area contributed by atoms with Crippen LogP contribution in [0.2, 0.25) is 0 Å². The number of rotatable bonds is 3. The molecule has 1 amide bonds. The fourth-order valence-electron chi connectivity index (χ4n) is 1.39. The number of anilines is 1. The van der Waals surface area contributed by atoms with E-state index in [0.29, 0.717) is 0 Å². The summed E-state index contributed by atoms with van der Waals surface area (Å²) in [7, 11) is 1.51. The maximum absolute atomic E-state index is 11.9.